The summed E-state index contributed by atoms with van der Waals surface area (Å²) in [5, 5.41) is 0.466. The zero-order valence-corrected chi connectivity index (χ0v) is 11.4. The molecule has 0 spiro atoms. The number of rotatable bonds is 3. The van der Waals surface area contributed by atoms with Gasteiger partial charge in [-0.3, -0.25) is 0 Å². The maximum atomic E-state index is 4.29. The van der Waals surface area contributed by atoms with Crippen molar-refractivity contribution in [2.45, 2.75) is 31.4 Å². The summed E-state index contributed by atoms with van der Waals surface area (Å²) in [5.74, 6) is 0. The normalized spacial score (nSPS) is 18.5. The highest BCUT2D eigenvalue weighted by Gasteiger charge is 2.12. The highest BCUT2D eigenvalue weighted by molar-refractivity contribution is 8.68. The Bertz CT molecular complexity index is 334. The van der Waals surface area contributed by atoms with Crippen molar-refractivity contribution >= 4 is 28.1 Å². The fourth-order valence-electron chi connectivity index (χ4n) is 2.19. The van der Waals surface area contributed by atoms with E-state index in [0.717, 1.165) is 0 Å². The molecule has 2 rings (SSSR count). The van der Waals surface area contributed by atoms with Crippen LogP contribution < -0.4 is 4.90 Å². The van der Waals surface area contributed by atoms with Crippen molar-refractivity contribution in [3.05, 3.63) is 29.8 Å². The third-order valence-corrected chi connectivity index (χ3v) is 4.76. The summed E-state index contributed by atoms with van der Waals surface area (Å²) in [6.45, 7) is 4.63. The van der Waals surface area contributed by atoms with Crippen LogP contribution in [-0.4, -0.2) is 13.1 Å². The Morgan fingerprint density at radius 3 is 2.69 bits per heavy atom. The number of thiol groups is 1. The Labute approximate surface area is 107 Å². The molecule has 1 fully saturated rings. The third-order valence-electron chi connectivity index (χ3n) is 3.22. The predicted octanol–water partition coefficient (Wildman–Crippen LogP) is 4.32. The van der Waals surface area contributed by atoms with Crippen molar-refractivity contribution in [1.29, 1.82) is 0 Å². The summed E-state index contributed by atoms with van der Waals surface area (Å²) in [4.78, 5) is 2.50. The summed E-state index contributed by atoms with van der Waals surface area (Å²) in [6.07, 6.45) is 4.06. The second kappa shape index (κ2) is 5.87. The van der Waals surface area contributed by atoms with Crippen LogP contribution in [0.4, 0.5) is 5.69 Å². The minimum Gasteiger partial charge on any atom is -0.372 e. The van der Waals surface area contributed by atoms with E-state index in [1.165, 1.54) is 43.6 Å². The van der Waals surface area contributed by atoms with Crippen LogP contribution in [0.2, 0.25) is 0 Å². The molecule has 1 saturated heterocycles. The molecule has 1 atom stereocenters. The maximum absolute atomic E-state index is 4.29. The Morgan fingerprint density at radius 1 is 1.25 bits per heavy atom. The number of benzene rings is 1. The van der Waals surface area contributed by atoms with Crippen molar-refractivity contribution in [3.63, 3.8) is 0 Å². The Kier molecular flexibility index (Phi) is 4.47. The van der Waals surface area contributed by atoms with Gasteiger partial charge < -0.3 is 4.90 Å². The first kappa shape index (κ1) is 12.2. The largest absolute Gasteiger partial charge is 0.372 e. The average molecular weight is 253 g/mol. The van der Waals surface area contributed by atoms with Crippen LogP contribution in [0, 0.1) is 0 Å². The van der Waals surface area contributed by atoms with Gasteiger partial charge in [0, 0.05) is 24.0 Å². The lowest BCUT2D eigenvalue weighted by Crippen LogP contribution is -2.29. The first-order valence-corrected chi connectivity index (χ1v) is 7.89. The molecule has 1 aliphatic heterocycles. The summed E-state index contributed by atoms with van der Waals surface area (Å²) in [5.41, 5.74) is 2.76. The van der Waals surface area contributed by atoms with E-state index in [9.17, 15) is 0 Å². The monoisotopic (exact) mass is 253 g/mol. The van der Waals surface area contributed by atoms with Gasteiger partial charge in [0.15, 0.2) is 0 Å². The molecule has 0 amide bonds. The van der Waals surface area contributed by atoms with Crippen molar-refractivity contribution < 1.29 is 0 Å². The van der Waals surface area contributed by atoms with Gasteiger partial charge in [0.2, 0.25) is 0 Å². The number of hydrogen-bond donors (Lipinski definition) is 1. The molecule has 3 heteroatoms. The molecular formula is C13H19NS2. The van der Waals surface area contributed by atoms with Gasteiger partial charge in [-0.1, -0.05) is 22.9 Å². The molecule has 0 saturated carbocycles. The molecule has 1 aromatic rings. The summed E-state index contributed by atoms with van der Waals surface area (Å²) < 4.78 is 0. The van der Waals surface area contributed by atoms with Crippen molar-refractivity contribution in [3.8, 4) is 0 Å². The molecule has 1 aliphatic rings. The number of piperidine rings is 1. The lowest BCUT2D eigenvalue weighted by atomic mass is 10.1. The van der Waals surface area contributed by atoms with Crippen LogP contribution >= 0.6 is 22.5 Å². The summed E-state index contributed by atoms with van der Waals surface area (Å²) in [6, 6.07) is 8.91. The zero-order chi connectivity index (χ0) is 11.4. The molecule has 0 bridgehead atoms. The molecule has 88 valence electrons. The lowest BCUT2D eigenvalue weighted by molar-refractivity contribution is 0.577. The molecule has 0 aromatic heterocycles. The fourth-order valence-corrected chi connectivity index (χ4v) is 2.82. The van der Waals surface area contributed by atoms with Crippen molar-refractivity contribution in [1.82, 2.24) is 0 Å². The Balaban J connectivity index is 2.14. The average Bonchev–Trinajstić information content (AvgIpc) is 2.39. The summed E-state index contributed by atoms with van der Waals surface area (Å²) >= 11 is 4.29. The molecule has 0 radical (unpaired) electrons. The Hall–Kier alpha value is -0.280. The van der Waals surface area contributed by atoms with Gasteiger partial charge in [0.05, 0.1) is 0 Å². The van der Waals surface area contributed by atoms with E-state index < -0.39 is 0 Å². The number of hydrogen-bond acceptors (Lipinski definition) is 3. The topological polar surface area (TPSA) is 3.24 Å². The van der Waals surface area contributed by atoms with Crippen LogP contribution in [0.15, 0.2) is 24.3 Å². The smallest absolute Gasteiger partial charge is 0.0371 e. The number of anilines is 1. The Morgan fingerprint density at radius 2 is 2.00 bits per heavy atom. The van der Waals surface area contributed by atoms with Crippen LogP contribution in [-0.2, 0) is 0 Å². The molecule has 16 heavy (non-hydrogen) atoms. The van der Waals surface area contributed by atoms with Crippen LogP contribution in [0.5, 0.6) is 0 Å². The fraction of sp³-hybridized carbons (Fsp3) is 0.538. The second-order valence-electron chi connectivity index (χ2n) is 4.39. The van der Waals surface area contributed by atoms with E-state index in [1.807, 2.05) is 0 Å². The van der Waals surface area contributed by atoms with Gasteiger partial charge in [0.25, 0.3) is 0 Å². The predicted molar refractivity (Wildman–Crippen MR) is 77.5 cm³/mol. The van der Waals surface area contributed by atoms with Crippen molar-refractivity contribution in [2.75, 3.05) is 18.0 Å². The quantitative estimate of drug-likeness (QED) is 0.631. The summed E-state index contributed by atoms with van der Waals surface area (Å²) in [7, 11) is 1.61. The van der Waals surface area contributed by atoms with E-state index in [2.05, 4.69) is 47.7 Å². The van der Waals surface area contributed by atoms with Gasteiger partial charge in [0.1, 0.15) is 0 Å². The molecular weight excluding hydrogens is 234 g/mol. The minimum atomic E-state index is 0.466. The SMILES string of the molecule is CC(SS)c1cccc(N2CCCCC2)c1. The first-order valence-electron chi connectivity index (χ1n) is 5.96. The van der Waals surface area contributed by atoms with Gasteiger partial charge in [-0.2, -0.15) is 0 Å². The number of nitrogens with zero attached hydrogens (tertiary/aromatic N) is 1. The molecule has 1 heterocycles. The third kappa shape index (κ3) is 2.89. The maximum Gasteiger partial charge on any atom is 0.0371 e. The van der Waals surface area contributed by atoms with Crippen molar-refractivity contribution in [2.24, 2.45) is 0 Å². The van der Waals surface area contributed by atoms with E-state index >= 15 is 0 Å². The second-order valence-corrected chi connectivity index (χ2v) is 5.94. The zero-order valence-electron chi connectivity index (χ0n) is 9.72. The standard InChI is InChI=1S/C13H19NS2/c1-11(16-15)12-6-5-7-13(10-12)14-8-3-2-4-9-14/h5-7,10-11,15H,2-4,8-9H2,1H3. The van der Waals surface area contributed by atoms with E-state index in [1.54, 1.807) is 10.8 Å². The van der Waals surface area contributed by atoms with Gasteiger partial charge in [-0.05, 0) is 43.9 Å². The molecule has 1 nitrogen and oxygen atoms in total. The van der Waals surface area contributed by atoms with Crippen LogP contribution in [0.1, 0.15) is 37.0 Å². The van der Waals surface area contributed by atoms with E-state index in [4.69, 9.17) is 0 Å². The molecule has 0 N–H and O–H groups in total. The minimum absolute atomic E-state index is 0.466. The molecule has 1 unspecified atom stereocenters. The van der Waals surface area contributed by atoms with Gasteiger partial charge in [-0.15, -0.1) is 11.7 Å². The highest BCUT2D eigenvalue weighted by atomic mass is 33.1. The van der Waals surface area contributed by atoms with E-state index in [-0.39, 0.29) is 0 Å². The highest BCUT2D eigenvalue weighted by Crippen LogP contribution is 2.32. The van der Waals surface area contributed by atoms with Gasteiger partial charge in [-0.25, -0.2) is 0 Å². The van der Waals surface area contributed by atoms with Crippen LogP contribution in [0.25, 0.3) is 0 Å². The van der Waals surface area contributed by atoms with E-state index in [0.29, 0.717) is 5.25 Å². The lowest BCUT2D eigenvalue weighted by Gasteiger charge is -2.29. The van der Waals surface area contributed by atoms with Crippen LogP contribution in [0.3, 0.4) is 0 Å². The first-order chi connectivity index (χ1) is 7.81. The molecule has 1 aromatic carbocycles. The van der Waals surface area contributed by atoms with Gasteiger partial charge >= 0.3 is 0 Å². The molecule has 0 aliphatic carbocycles.